The first kappa shape index (κ1) is 24.3. The fourth-order valence-corrected chi connectivity index (χ4v) is 3.99. The van der Waals surface area contributed by atoms with Gasteiger partial charge in [-0.05, 0) is 35.1 Å². The number of amides is 2. The van der Waals surface area contributed by atoms with Gasteiger partial charge in [0.1, 0.15) is 6.61 Å². The molecule has 1 aliphatic rings. The quantitative estimate of drug-likeness (QED) is 0.365. The Balaban J connectivity index is 1.29. The fraction of sp³-hybridized carbons (Fsp3) is 0.400. The normalized spacial score (nSPS) is 13.0. The zero-order valence-corrected chi connectivity index (χ0v) is 18.5. The first-order valence-corrected chi connectivity index (χ1v) is 11.2. The monoisotopic (exact) mass is 454 g/mol. The number of benzene rings is 2. The second kappa shape index (κ2) is 12.0. The smallest absolute Gasteiger partial charge is 0.407 e. The summed E-state index contributed by atoms with van der Waals surface area (Å²) in [6, 6.07) is 16.4. The highest BCUT2D eigenvalue weighted by Crippen LogP contribution is 2.44. The highest BCUT2D eigenvalue weighted by atomic mass is 16.5. The van der Waals surface area contributed by atoms with Gasteiger partial charge in [-0.1, -0.05) is 55.0 Å². The number of aliphatic hydroxyl groups excluding tert-OH is 1. The predicted octanol–water partition coefficient (Wildman–Crippen LogP) is 3.04. The maximum absolute atomic E-state index is 12.1. The van der Waals surface area contributed by atoms with Crippen LogP contribution in [0.4, 0.5) is 4.79 Å². The minimum Gasteiger partial charge on any atom is -0.479 e. The third-order valence-electron chi connectivity index (χ3n) is 5.72. The molecular formula is C25H30N2O6. The second-order valence-electron chi connectivity index (χ2n) is 8.06. The molecule has 0 radical (unpaired) electrons. The highest BCUT2D eigenvalue weighted by Gasteiger charge is 2.28. The lowest BCUT2D eigenvalue weighted by Gasteiger charge is -2.14. The van der Waals surface area contributed by atoms with E-state index in [1.54, 1.807) is 0 Å². The standard InChI is InChI=1S/C25H30N2O6/c28-22(24(30)31)13-15-26-23(29)12-2-1-7-14-27-25(32)33-16-21-19-10-5-3-8-17(19)18-9-4-6-11-20(18)21/h3-6,8-11,21-22,28H,1-2,7,12-16H2,(H,26,29)(H,27,32)(H,30,31). The van der Waals surface area contributed by atoms with Crippen molar-refractivity contribution in [1.29, 1.82) is 0 Å². The van der Waals surface area contributed by atoms with Crippen LogP contribution in [0.1, 0.15) is 49.1 Å². The summed E-state index contributed by atoms with van der Waals surface area (Å²) in [6.45, 7) is 0.856. The molecule has 33 heavy (non-hydrogen) atoms. The molecule has 2 aromatic rings. The Kier molecular flexibility index (Phi) is 8.83. The number of alkyl carbamates (subject to hydrolysis) is 1. The van der Waals surface area contributed by atoms with Crippen LogP contribution >= 0.6 is 0 Å². The number of ether oxygens (including phenoxy) is 1. The van der Waals surface area contributed by atoms with Crippen LogP contribution in [0.2, 0.25) is 0 Å². The van der Waals surface area contributed by atoms with Crippen LogP contribution in [0.3, 0.4) is 0 Å². The summed E-state index contributed by atoms with van der Waals surface area (Å²) >= 11 is 0. The average molecular weight is 455 g/mol. The molecule has 0 heterocycles. The van der Waals surface area contributed by atoms with E-state index in [2.05, 4.69) is 34.9 Å². The lowest BCUT2D eigenvalue weighted by atomic mass is 9.98. The number of unbranched alkanes of at least 4 members (excludes halogenated alkanes) is 2. The van der Waals surface area contributed by atoms with Crippen molar-refractivity contribution in [2.75, 3.05) is 19.7 Å². The minimum absolute atomic E-state index is 0.0227. The predicted molar refractivity (Wildman–Crippen MR) is 123 cm³/mol. The van der Waals surface area contributed by atoms with Crippen molar-refractivity contribution in [1.82, 2.24) is 10.6 Å². The summed E-state index contributed by atoms with van der Waals surface area (Å²) in [4.78, 5) is 34.3. The second-order valence-corrected chi connectivity index (χ2v) is 8.06. The molecule has 0 saturated heterocycles. The van der Waals surface area contributed by atoms with Gasteiger partial charge in [0, 0.05) is 31.8 Å². The van der Waals surface area contributed by atoms with Crippen molar-refractivity contribution >= 4 is 18.0 Å². The number of nitrogens with one attached hydrogen (secondary N) is 2. The van der Waals surface area contributed by atoms with Gasteiger partial charge < -0.3 is 25.6 Å². The van der Waals surface area contributed by atoms with E-state index >= 15 is 0 Å². The molecular weight excluding hydrogens is 424 g/mol. The number of aliphatic hydroxyl groups is 1. The number of hydrogen-bond acceptors (Lipinski definition) is 5. The molecule has 176 valence electrons. The summed E-state index contributed by atoms with van der Waals surface area (Å²) in [7, 11) is 0. The Hall–Kier alpha value is -3.39. The van der Waals surface area contributed by atoms with Crippen LogP contribution in [-0.4, -0.2) is 54.0 Å². The highest BCUT2D eigenvalue weighted by molar-refractivity contribution is 5.79. The molecule has 0 aliphatic heterocycles. The fourth-order valence-electron chi connectivity index (χ4n) is 3.99. The van der Waals surface area contributed by atoms with Crippen molar-refractivity contribution < 1.29 is 29.3 Å². The van der Waals surface area contributed by atoms with E-state index in [0.717, 1.165) is 12.8 Å². The van der Waals surface area contributed by atoms with Crippen LogP contribution in [-0.2, 0) is 14.3 Å². The molecule has 8 heteroatoms. The molecule has 0 fully saturated rings. The van der Waals surface area contributed by atoms with Crippen molar-refractivity contribution in [3.63, 3.8) is 0 Å². The van der Waals surface area contributed by atoms with E-state index in [1.165, 1.54) is 22.3 Å². The number of aliphatic carboxylic acids is 1. The van der Waals surface area contributed by atoms with E-state index in [0.29, 0.717) is 19.4 Å². The summed E-state index contributed by atoms with van der Waals surface area (Å²) in [5, 5.41) is 23.1. The molecule has 2 amide bonds. The van der Waals surface area contributed by atoms with Crippen molar-refractivity contribution in [2.24, 2.45) is 0 Å². The number of hydrogen-bond donors (Lipinski definition) is 4. The summed E-state index contributed by atoms with van der Waals surface area (Å²) in [5.41, 5.74) is 4.71. The summed E-state index contributed by atoms with van der Waals surface area (Å²) in [5.74, 6) is -1.46. The van der Waals surface area contributed by atoms with Crippen LogP contribution in [0, 0.1) is 0 Å². The molecule has 2 aromatic carbocycles. The molecule has 0 saturated carbocycles. The van der Waals surface area contributed by atoms with Gasteiger partial charge in [0.25, 0.3) is 0 Å². The lowest BCUT2D eigenvalue weighted by molar-refractivity contribution is -0.147. The lowest BCUT2D eigenvalue weighted by Crippen LogP contribution is -2.30. The maximum Gasteiger partial charge on any atom is 0.407 e. The Morgan fingerprint density at radius 2 is 1.52 bits per heavy atom. The van der Waals surface area contributed by atoms with E-state index < -0.39 is 18.2 Å². The SMILES string of the molecule is O=C(CCCCCNC(=O)OCC1c2ccccc2-c2ccccc21)NCCC(O)C(=O)O. The zero-order valence-electron chi connectivity index (χ0n) is 18.5. The first-order valence-electron chi connectivity index (χ1n) is 11.2. The van der Waals surface area contributed by atoms with Gasteiger partial charge in [0.15, 0.2) is 6.10 Å². The number of carboxylic acid groups (broad SMARTS) is 1. The molecule has 0 bridgehead atoms. The summed E-state index contributed by atoms with van der Waals surface area (Å²) in [6.07, 6.45) is 0.504. The molecule has 1 atom stereocenters. The molecule has 1 unspecified atom stereocenters. The Morgan fingerprint density at radius 1 is 0.879 bits per heavy atom. The first-order chi connectivity index (χ1) is 16.0. The Morgan fingerprint density at radius 3 is 2.15 bits per heavy atom. The largest absolute Gasteiger partial charge is 0.479 e. The van der Waals surface area contributed by atoms with Crippen molar-refractivity contribution in [3.8, 4) is 11.1 Å². The summed E-state index contributed by atoms with van der Waals surface area (Å²) < 4.78 is 5.49. The molecule has 3 rings (SSSR count). The molecule has 0 aromatic heterocycles. The number of fused-ring (bicyclic) bond motifs is 3. The van der Waals surface area contributed by atoms with E-state index in [1.807, 2.05) is 24.3 Å². The third kappa shape index (κ3) is 6.79. The van der Waals surface area contributed by atoms with Gasteiger partial charge in [0.2, 0.25) is 5.91 Å². The van der Waals surface area contributed by atoms with Crippen molar-refractivity contribution in [2.45, 2.75) is 44.1 Å². The van der Waals surface area contributed by atoms with Gasteiger partial charge in [0.05, 0.1) is 0 Å². The minimum atomic E-state index is -1.46. The Labute approximate surface area is 193 Å². The molecule has 1 aliphatic carbocycles. The number of carbonyl (C=O) groups is 3. The maximum atomic E-state index is 12.1. The molecule has 8 nitrogen and oxygen atoms in total. The molecule has 0 spiro atoms. The van der Waals surface area contributed by atoms with Gasteiger partial charge >= 0.3 is 12.1 Å². The van der Waals surface area contributed by atoms with Crippen molar-refractivity contribution in [3.05, 3.63) is 59.7 Å². The average Bonchev–Trinajstić information content (AvgIpc) is 3.13. The number of carbonyl (C=O) groups excluding carboxylic acids is 2. The van der Waals surface area contributed by atoms with Crippen LogP contribution < -0.4 is 10.6 Å². The van der Waals surface area contributed by atoms with E-state index in [-0.39, 0.29) is 31.4 Å². The Bertz CT molecular complexity index is 931. The number of rotatable bonds is 12. The van der Waals surface area contributed by atoms with Gasteiger partial charge in [-0.3, -0.25) is 4.79 Å². The van der Waals surface area contributed by atoms with Crippen LogP contribution in [0.15, 0.2) is 48.5 Å². The number of carboxylic acids is 1. The van der Waals surface area contributed by atoms with Gasteiger partial charge in [-0.25, -0.2) is 9.59 Å². The van der Waals surface area contributed by atoms with E-state index in [9.17, 15) is 14.4 Å². The van der Waals surface area contributed by atoms with Crippen LogP contribution in [0.25, 0.3) is 11.1 Å². The van der Waals surface area contributed by atoms with E-state index in [4.69, 9.17) is 14.9 Å². The molecule has 4 N–H and O–H groups in total. The zero-order chi connectivity index (χ0) is 23.6. The topological polar surface area (TPSA) is 125 Å². The van der Waals surface area contributed by atoms with Gasteiger partial charge in [-0.15, -0.1) is 0 Å². The third-order valence-corrected chi connectivity index (χ3v) is 5.72. The van der Waals surface area contributed by atoms with Crippen LogP contribution in [0.5, 0.6) is 0 Å². The van der Waals surface area contributed by atoms with Gasteiger partial charge in [-0.2, -0.15) is 0 Å².